The normalized spacial score (nSPS) is 24.6. The molecule has 0 amide bonds. The molecule has 104 valence electrons. The lowest BCUT2D eigenvalue weighted by molar-refractivity contribution is -0.169. The number of hydrogen-bond donors (Lipinski definition) is 0. The number of carbonyl (C=O) groups is 2. The zero-order valence-corrected chi connectivity index (χ0v) is 11.9. The summed E-state index contributed by atoms with van der Waals surface area (Å²) in [6.07, 6.45) is 3.89. The van der Waals surface area contributed by atoms with Crippen molar-refractivity contribution in [3.05, 3.63) is 22.8 Å². The summed E-state index contributed by atoms with van der Waals surface area (Å²) in [5.41, 5.74) is 2.31. The fraction of sp³-hybridized carbons (Fsp3) is 0.600. The van der Waals surface area contributed by atoms with Crippen molar-refractivity contribution in [2.24, 2.45) is 11.3 Å². The van der Waals surface area contributed by atoms with Gasteiger partial charge in [-0.05, 0) is 43.3 Å². The Morgan fingerprint density at radius 1 is 1.21 bits per heavy atom. The molecule has 0 spiro atoms. The zero-order valence-electron chi connectivity index (χ0n) is 11.9. The van der Waals surface area contributed by atoms with Crippen LogP contribution in [0.25, 0.3) is 0 Å². The maximum atomic E-state index is 12.1. The van der Waals surface area contributed by atoms with Crippen LogP contribution >= 0.6 is 0 Å². The number of ether oxygens (including phenoxy) is 2. The topological polar surface area (TPSA) is 52.6 Å². The highest BCUT2D eigenvalue weighted by atomic mass is 16.5. The molecule has 0 aromatic heterocycles. The monoisotopic (exact) mass is 264 g/mol. The van der Waals surface area contributed by atoms with Gasteiger partial charge in [0.05, 0.1) is 14.2 Å². The van der Waals surface area contributed by atoms with Crippen molar-refractivity contribution in [2.45, 2.75) is 33.1 Å². The molecule has 2 aliphatic rings. The van der Waals surface area contributed by atoms with Crippen LogP contribution in [-0.2, 0) is 19.1 Å². The number of hydrogen-bond acceptors (Lipinski definition) is 4. The van der Waals surface area contributed by atoms with E-state index in [0.717, 1.165) is 17.6 Å². The van der Waals surface area contributed by atoms with E-state index in [1.165, 1.54) is 19.8 Å². The van der Waals surface area contributed by atoms with E-state index in [9.17, 15) is 9.59 Å². The Morgan fingerprint density at radius 3 is 2.32 bits per heavy atom. The lowest BCUT2D eigenvalue weighted by Crippen LogP contribution is -2.43. The summed E-state index contributed by atoms with van der Waals surface area (Å²) in [5, 5.41) is 0. The fourth-order valence-electron chi connectivity index (χ4n) is 3.42. The molecule has 0 aliphatic heterocycles. The van der Waals surface area contributed by atoms with Gasteiger partial charge < -0.3 is 9.47 Å². The first-order valence-corrected chi connectivity index (χ1v) is 6.52. The SMILES string of the molecule is COC(=O)C1(C(=O)OC)CC2=CC[C@H](C)C2=C(C)C1. The molecule has 19 heavy (non-hydrogen) atoms. The predicted octanol–water partition coefficient (Wildman–Crippen LogP) is 2.40. The molecule has 0 heterocycles. The van der Waals surface area contributed by atoms with E-state index in [2.05, 4.69) is 13.0 Å². The van der Waals surface area contributed by atoms with E-state index in [1.54, 1.807) is 0 Å². The third-order valence-electron chi connectivity index (χ3n) is 4.23. The van der Waals surface area contributed by atoms with Crippen LogP contribution in [0.4, 0.5) is 0 Å². The average molecular weight is 264 g/mol. The molecule has 4 heteroatoms. The van der Waals surface area contributed by atoms with Gasteiger partial charge in [0.25, 0.3) is 0 Å². The van der Waals surface area contributed by atoms with E-state index in [0.29, 0.717) is 18.8 Å². The van der Waals surface area contributed by atoms with Gasteiger partial charge in [0.15, 0.2) is 5.41 Å². The first kappa shape index (κ1) is 13.8. The first-order valence-electron chi connectivity index (χ1n) is 6.52. The quantitative estimate of drug-likeness (QED) is 0.567. The third kappa shape index (κ3) is 1.99. The smallest absolute Gasteiger partial charge is 0.323 e. The molecular formula is C15H20O4. The highest BCUT2D eigenvalue weighted by Gasteiger charge is 2.52. The van der Waals surface area contributed by atoms with Crippen molar-refractivity contribution < 1.29 is 19.1 Å². The van der Waals surface area contributed by atoms with Crippen LogP contribution in [0, 0.1) is 11.3 Å². The molecule has 4 nitrogen and oxygen atoms in total. The van der Waals surface area contributed by atoms with Gasteiger partial charge in [-0.2, -0.15) is 0 Å². The minimum atomic E-state index is -1.20. The van der Waals surface area contributed by atoms with Crippen LogP contribution in [0.15, 0.2) is 22.8 Å². The van der Waals surface area contributed by atoms with Crippen LogP contribution in [0.1, 0.15) is 33.1 Å². The number of allylic oxidation sites excluding steroid dienone is 4. The van der Waals surface area contributed by atoms with E-state index in [1.807, 2.05) is 6.92 Å². The Balaban J connectivity index is 2.48. The van der Waals surface area contributed by atoms with Crippen LogP contribution < -0.4 is 0 Å². The summed E-state index contributed by atoms with van der Waals surface area (Å²) in [7, 11) is 2.63. The second-order valence-electron chi connectivity index (χ2n) is 5.48. The molecule has 0 radical (unpaired) electrons. The molecule has 0 saturated carbocycles. The number of carbonyl (C=O) groups excluding carboxylic acids is 2. The van der Waals surface area contributed by atoms with Crippen LogP contribution in [0.5, 0.6) is 0 Å². The van der Waals surface area contributed by atoms with Crippen molar-refractivity contribution in [3.63, 3.8) is 0 Å². The van der Waals surface area contributed by atoms with Crippen molar-refractivity contribution in [1.29, 1.82) is 0 Å². The highest BCUT2D eigenvalue weighted by Crippen LogP contribution is 2.49. The lowest BCUT2D eigenvalue weighted by atomic mass is 9.69. The number of rotatable bonds is 2. The van der Waals surface area contributed by atoms with Crippen LogP contribution in [0.2, 0.25) is 0 Å². The highest BCUT2D eigenvalue weighted by molar-refractivity contribution is 6.01. The number of fused-ring (bicyclic) bond motifs is 1. The largest absolute Gasteiger partial charge is 0.468 e. The molecule has 0 saturated heterocycles. The minimum Gasteiger partial charge on any atom is -0.468 e. The zero-order chi connectivity index (χ0) is 14.2. The molecule has 0 N–H and O–H groups in total. The van der Waals surface area contributed by atoms with Gasteiger partial charge in [0.2, 0.25) is 0 Å². The Morgan fingerprint density at radius 2 is 1.79 bits per heavy atom. The average Bonchev–Trinajstić information content (AvgIpc) is 2.78. The van der Waals surface area contributed by atoms with Crippen LogP contribution in [-0.4, -0.2) is 26.2 Å². The minimum absolute atomic E-state index is 0.392. The third-order valence-corrected chi connectivity index (χ3v) is 4.23. The Kier molecular flexibility index (Phi) is 3.52. The number of esters is 2. The van der Waals surface area contributed by atoms with Crippen molar-refractivity contribution in [1.82, 2.24) is 0 Å². The maximum Gasteiger partial charge on any atom is 0.323 e. The summed E-state index contributed by atoms with van der Waals surface area (Å²) in [4.78, 5) is 24.3. The molecule has 0 bridgehead atoms. The molecule has 0 unspecified atom stereocenters. The summed E-state index contributed by atoms with van der Waals surface area (Å²) < 4.78 is 9.70. The van der Waals surface area contributed by atoms with Crippen molar-refractivity contribution >= 4 is 11.9 Å². The van der Waals surface area contributed by atoms with Gasteiger partial charge >= 0.3 is 11.9 Å². The van der Waals surface area contributed by atoms with E-state index >= 15 is 0 Å². The Labute approximate surface area is 113 Å². The van der Waals surface area contributed by atoms with Gasteiger partial charge in [0, 0.05) is 0 Å². The first-order chi connectivity index (χ1) is 8.96. The van der Waals surface area contributed by atoms with Gasteiger partial charge in [-0.25, -0.2) is 0 Å². The van der Waals surface area contributed by atoms with Crippen molar-refractivity contribution in [3.8, 4) is 0 Å². The van der Waals surface area contributed by atoms with Crippen molar-refractivity contribution in [2.75, 3.05) is 14.2 Å². The van der Waals surface area contributed by atoms with Gasteiger partial charge in [-0.15, -0.1) is 0 Å². The molecule has 0 aromatic carbocycles. The predicted molar refractivity (Wildman–Crippen MR) is 70.3 cm³/mol. The molecule has 1 atom stereocenters. The maximum absolute atomic E-state index is 12.1. The summed E-state index contributed by atoms with van der Waals surface area (Å²) >= 11 is 0. The summed E-state index contributed by atoms with van der Waals surface area (Å²) in [5.74, 6) is -0.528. The van der Waals surface area contributed by atoms with Gasteiger partial charge in [-0.1, -0.05) is 18.6 Å². The lowest BCUT2D eigenvalue weighted by Gasteiger charge is -2.34. The fourth-order valence-corrected chi connectivity index (χ4v) is 3.42. The molecular weight excluding hydrogens is 244 g/mol. The van der Waals surface area contributed by atoms with E-state index in [-0.39, 0.29) is 0 Å². The second kappa shape index (κ2) is 4.83. The Bertz CT molecular complexity index is 468. The second-order valence-corrected chi connectivity index (χ2v) is 5.48. The molecule has 0 fully saturated rings. The molecule has 0 aromatic rings. The standard InChI is InChI=1S/C15H20O4/c1-9-5-6-11-8-15(13(16)18-3,14(17)19-4)7-10(2)12(9)11/h6,9H,5,7-8H2,1-4H3/t9-/m0/s1. The van der Waals surface area contributed by atoms with E-state index in [4.69, 9.17) is 9.47 Å². The molecule has 2 rings (SSSR count). The van der Waals surface area contributed by atoms with E-state index < -0.39 is 17.4 Å². The summed E-state index contributed by atoms with van der Waals surface area (Å²) in [6, 6.07) is 0. The summed E-state index contributed by atoms with van der Waals surface area (Å²) in [6.45, 7) is 4.16. The van der Waals surface area contributed by atoms with Gasteiger partial charge in [0.1, 0.15) is 0 Å². The molecule has 2 aliphatic carbocycles. The van der Waals surface area contributed by atoms with Crippen LogP contribution in [0.3, 0.4) is 0 Å². The Hall–Kier alpha value is -1.58. The number of methoxy groups -OCH3 is 2. The van der Waals surface area contributed by atoms with Gasteiger partial charge in [-0.3, -0.25) is 9.59 Å².